The number of allylic oxidation sites excluding steroid dienone is 1. The number of fused-ring (bicyclic) bond motifs is 5. The van der Waals surface area contributed by atoms with Crippen LogP contribution in [0.4, 0.5) is 0 Å². The number of ketones is 2. The zero-order chi connectivity index (χ0) is 22.8. The van der Waals surface area contributed by atoms with Gasteiger partial charge in [-0.25, -0.2) is 0 Å². The predicted octanol–water partition coefficient (Wildman–Crippen LogP) is 2.99. The van der Waals surface area contributed by atoms with Gasteiger partial charge in [-0.1, -0.05) is 33.3 Å². The molecule has 31 heavy (non-hydrogen) atoms. The summed E-state index contributed by atoms with van der Waals surface area (Å²) in [6, 6.07) is 0. The number of carbonyl (C=O) groups is 3. The lowest BCUT2D eigenvalue weighted by Crippen LogP contribution is -2.62. The maximum Gasteiger partial charge on any atom is 0.306 e. The van der Waals surface area contributed by atoms with Gasteiger partial charge in [0.15, 0.2) is 0 Å². The molecule has 0 spiro atoms. The van der Waals surface area contributed by atoms with E-state index in [0.717, 1.165) is 18.4 Å². The molecule has 4 aliphatic carbocycles. The smallest absolute Gasteiger partial charge is 0.306 e. The van der Waals surface area contributed by atoms with E-state index in [0.29, 0.717) is 19.3 Å². The number of rotatable bonds is 4. The molecule has 6 nitrogen and oxygen atoms in total. The van der Waals surface area contributed by atoms with Crippen LogP contribution in [0.1, 0.15) is 72.6 Å². The zero-order valence-electron chi connectivity index (χ0n) is 19.1. The molecule has 0 bridgehead atoms. The maximum absolute atomic E-state index is 12.4. The summed E-state index contributed by atoms with van der Waals surface area (Å²) < 4.78 is 6.06. The first kappa shape index (κ1) is 22.7. The summed E-state index contributed by atoms with van der Waals surface area (Å²) in [5, 5.41) is 21.4. The fourth-order valence-corrected chi connectivity index (χ4v) is 8.22. The second kappa shape index (κ2) is 7.51. The van der Waals surface area contributed by atoms with E-state index >= 15 is 0 Å². The minimum absolute atomic E-state index is 0.0683. The molecule has 4 rings (SSSR count). The molecule has 0 aromatic heterocycles. The van der Waals surface area contributed by atoms with Crippen LogP contribution in [0.15, 0.2) is 11.6 Å². The van der Waals surface area contributed by atoms with Crippen LogP contribution in [0, 0.1) is 34.5 Å². The van der Waals surface area contributed by atoms with Crippen LogP contribution >= 0.6 is 0 Å². The summed E-state index contributed by atoms with van der Waals surface area (Å²) in [6.45, 7) is 8.00. The molecule has 0 heterocycles. The fourth-order valence-electron chi connectivity index (χ4n) is 8.22. The Labute approximate surface area is 184 Å². The third kappa shape index (κ3) is 3.08. The van der Waals surface area contributed by atoms with Crippen LogP contribution in [0.25, 0.3) is 0 Å². The number of aliphatic hydroxyl groups excluding tert-OH is 2. The number of Topliss-reactive ketones (excluding diaryl/α,β-unsaturated/α-hetero) is 1. The maximum atomic E-state index is 12.4. The zero-order valence-corrected chi connectivity index (χ0v) is 19.1. The highest BCUT2D eigenvalue weighted by atomic mass is 16.6. The van der Waals surface area contributed by atoms with Crippen molar-refractivity contribution in [2.75, 3.05) is 6.61 Å². The average Bonchev–Trinajstić information content (AvgIpc) is 2.95. The van der Waals surface area contributed by atoms with Crippen molar-refractivity contribution in [3.8, 4) is 0 Å². The number of esters is 1. The van der Waals surface area contributed by atoms with Crippen LogP contribution in [0.2, 0.25) is 0 Å². The number of hydrogen-bond acceptors (Lipinski definition) is 6. The van der Waals surface area contributed by atoms with Gasteiger partial charge < -0.3 is 14.9 Å². The van der Waals surface area contributed by atoms with Crippen molar-refractivity contribution >= 4 is 17.5 Å². The van der Waals surface area contributed by atoms with Gasteiger partial charge in [-0.15, -0.1) is 0 Å². The molecule has 0 amide bonds. The molecule has 172 valence electrons. The van der Waals surface area contributed by atoms with Gasteiger partial charge in [0.2, 0.25) is 11.6 Å². The molecule has 0 radical (unpaired) electrons. The van der Waals surface area contributed by atoms with Crippen LogP contribution in [0.5, 0.6) is 0 Å². The second-order valence-electron chi connectivity index (χ2n) is 10.9. The Morgan fingerprint density at radius 2 is 2.00 bits per heavy atom. The molecular formula is C25H36O6. The fraction of sp³-hybridized carbons (Fsp3) is 0.800. The Kier molecular flexibility index (Phi) is 5.49. The average molecular weight is 433 g/mol. The quantitative estimate of drug-likeness (QED) is 0.523. The molecular weight excluding hydrogens is 396 g/mol. The van der Waals surface area contributed by atoms with Crippen molar-refractivity contribution in [1.82, 2.24) is 0 Å². The van der Waals surface area contributed by atoms with Crippen LogP contribution < -0.4 is 0 Å². The van der Waals surface area contributed by atoms with E-state index < -0.39 is 28.3 Å². The van der Waals surface area contributed by atoms with Crippen molar-refractivity contribution in [2.45, 2.75) is 84.3 Å². The molecule has 3 saturated carbocycles. The SMILES string of the molecule is CCC(=O)O[C@]1(CCO)CC[C@H]2[C@@H]3CC(C)C4=CC(=O)C(=O)C[C@]4(C)[C@H]3C(O)C[C@@]21C. The van der Waals surface area contributed by atoms with Crippen molar-refractivity contribution < 1.29 is 29.3 Å². The molecule has 8 atom stereocenters. The van der Waals surface area contributed by atoms with Gasteiger partial charge >= 0.3 is 5.97 Å². The molecule has 0 aliphatic heterocycles. The third-order valence-electron chi connectivity index (χ3n) is 9.50. The van der Waals surface area contributed by atoms with Crippen LogP contribution in [0.3, 0.4) is 0 Å². The van der Waals surface area contributed by atoms with Crippen LogP contribution in [-0.4, -0.2) is 46.1 Å². The Morgan fingerprint density at radius 3 is 2.65 bits per heavy atom. The van der Waals surface area contributed by atoms with Gasteiger partial charge in [0.1, 0.15) is 5.60 Å². The van der Waals surface area contributed by atoms with E-state index in [2.05, 4.69) is 20.8 Å². The minimum Gasteiger partial charge on any atom is -0.458 e. The molecule has 0 aromatic carbocycles. The number of carbonyl (C=O) groups excluding carboxylic acids is 3. The first-order chi connectivity index (χ1) is 14.5. The molecule has 0 aromatic rings. The lowest BCUT2D eigenvalue weighted by Gasteiger charge is -2.62. The summed E-state index contributed by atoms with van der Waals surface area (Å²) in [5.74, 6) is -0.587. The van der Waals surface area contributed by atoms with E-state index in [4.69, 9.17) is 4.74 Å². The van der Waals surface area contributed by atoms with Gasteiger partial charge in [0.05, 0.1) is 6.10 Å². The monoisotopic (exact) mass is 432 g/mol. The van der Waals surface area contributed by atoms with Crippen molar-refractivity contribution in [3.63, 3.8) is 0 Å². The van der Waals surface area contributed by atoms with Gasteiger partial charge in [-0.2, -0.15) is 0 Å². The number of hydrogen-bond donors (Lipinski definition) is 2. The van der Waals surface area contributed by atoms with Crippen molar-refractivity contribution in [1.29, 1.82) is 0 Å². The Morgan fingerprint density at radius 1 is 1.29 bits per heavy atom. The minimum atomic E-state index is -0.774. The van der Waals surface area contributed by atoms with E-state index in [1.165, 1.54) is 0 Å². The summed E-state index contributed by atoms with van der Waals surface area (Å²) >= 11 is 0. The lowest BCUT2D eigenvalue weighted by atomic mass is 9.44. The Bertz CT molecular complexity index is 832. The topological polar surface area (TPSA) is 101 Å². The molecule has 4 aliphatic rings. The first-order valence-corrected chi connectivity index (χ1v) is 11.8. The van der Waals surface area contributed by atoms with E-state index in [1.807, 2.05) is 0 Å². The van der Waals surface area contributed by atoms with Crippen molar-refractivity contribution in [2.24, 2.45) is 34.5 Å². The third-order valence-corrected chi connectivity index (χ3v) is 9.50. The summed E-state index contributed by atoms with van der Waals surface area (Å²) in [6.07, 6.45) is 4.57. The molecule has 2 unspecified atom stereocenters. The van der Waals surface area contributed by atoms with E-state index in [-0.39, 0.29) is 54.9 Å². The van der Waals surface area contributed by atoms with E-state index in [9.17, 15) is 24.6 Å². The number of aliphatic hydroxyl groups is 2. The summed E-state index contributed by atoms with van der Waals surface area (Å²) in [4.78, 5) is 36.9. The van der Waals surface area contributed by atoms with Gasteiger partial charge in [0, 0.05) is 36.7 Å². The standard InChI is InChI=1S/C25H36O6/c1-5-21(30)31-25(8-9-26)7-6-16-15-10-14(2)17-11-18(27)19(28)12-23(17,3)22(15)20(29)13-24(16,25)4/h11,14-16,20,22,26,29H,5-10,12-13H2,1-4H3/t14?,15-,16-,20?,22+,23-,24-,25-/m0/s1. The normalized spacial score (nSPS) is 46.6. The molecule has 6 heteroatoms. The summed E-state index contributed by atoms with van der Waals surface area (Å²) in [5.41, 5.74) is -0.717. The molecule has 3 fully saturated rings. The number of ether oxygens (including phenoxy) is 1. The van der Waals surface area contributed by atoms with Gasteiger partial charge in [0.25, 0.3) is 0 Å². The largest absolute Gasteiger partial charge is 0.458 e. The van der Waals surface area contributed by atoms with Crippen molar-refractivity contribution in [3.05, 3.63) is 11.6 Å². The highest BCUT2D eigenvalue weighted by Gasteiger charge is 2.68. The van der Waals surface area contributed by atoms with Gasteiger partial charge in [-0.05, 0) is 55.4 Å². The van der Waals surface area contributed by atoms with Crippen LogP contribution in [-0.2, 0) is 19.1 Å². The second-order valence-corrected chi connectivity index (χ2v) is 10.9. The Hall–Kier alpha value is -1.53. The van der Waals surface area contributed by atoms with Gasteiger partial charge in [-0.3, -0.25) is 14.4 Å². The molecule has 0 saturated heterocycles. The first-order valence-electron chi connectivity index (χ1n) is 11.8. The molecule has 2 N–H and O–H groups in total. The van der Waals surface area contributed by atoms with E-state index in [1.54, 1.807) is 13.0 Å². The Balaban J connectivity index is 1.76. The summed E-state index contributed by atoms with van der Waals surface area (Å²) in [7, 11) is 0. The highest BCUT2D eigenvalue weighted by Crippen LogP contribution is 2.69. The predicted molar refractivity (Wildman–Crippen MR) is 114 cm³/mol. The highest BCUT2D eigenvalue weighted by molar-refractivity contribution is 6.42. The lowest BCUT2D eigenvalue weighted by molar-refractivity contribution is -0.203.